The summed E-state index contributed by atoms with van der Waals surface area (Å²) in [5, 5.41) is 8.35. The molecule has 4 aromatic heterocycles. The van der Waals surface area contributed by atoms with E-state index in [1.54, 1.807) is 18.5 Å². The Balaban J connectivity index is 1.23. The number of anilines is 1. The van der Waals surface area contributed by atoms with E-state index in [0.717, 1.165) is 35.3 Å². The highest BCUT2D eigenvalue weighted by atomic mass is 19.4. The highest BCUT2D eigenvalue weighted by Crippen LogP contribution is 2.37. The number of fused-ring (bicyclic) bond motifs is 3. The second kappa shape index (κ2) is 10.4. The van der Waals surface area contributed by atoms with Gasteiger partial charge in [0.1, 0.15) is 23.4 Å². The third kappa shape index (κ3) is 5.35. The number of rotatable bonds is 7. The van der Waals surface area contributed by atoms with Crippen LogP contribution in [-0.2, 0) is 6.54 Å². The second-order valence-corrected chi connectivity index (χ2v) is 11.4. The van der Waals surface area contributed by atoms with Crippen molar-refractivity contribution in [3.05, 3.63) is 72.3 Å². The van der Waals surface area contributed by atoms with E-state index in [1.807, 2.05) is 10.7 Å². The fraction of sp³-hybridized carbons (Fsp3) is 0.414. The molecule has 2 fully saturated rings. The molecule has 7 rings (SSSR count). The molecule has 0 unspecified atom stereocenters. The summed E-state index contributed by atoms with van der Waals surface area (Å²) < 4.78 is 60.3. The summed E-state index contributed by atoms with van der Waals surface area (Å²) in [7, 11) is 0. The Morgan fingerprint density at radius 1 is 0.977 bits per heavy atom. The van der Waals surface area contributed by atoms with Gasteiger partial charge in [0.25, 0.3) is 5.78 Å². The summed E-state index contributed by atoms with van der Waals surface area (Å²) in [6.07, 6.45) is 2.19. The first kappa shape index (κ1) is 27.5. The highest BCUT2D eigenvalue weighted by Gasteiger charge is 2.38. The standard InChI is InChI=1S/C29H29F4N9O/c1-17-13-41(26-24-27(42-16-36-38-28(42)37-26)39(15-35-24)14-19-3-4-19)18(2)12-40(17)25(20-5-7-21(30)8-6-20)23-10-9-22(11-34-23)43-29(31,32)33/h5-11,15-19,25H,3-4,12-14H2,1-2H3/t17-,18+,25+/m1/s1. The van der Waals surface area contributed by atoms with Gasteiger partial charge in [0.15, 0.2) is 11.5 Å². The minimum absolute atomic E-state index is 0.0402. The van der Waals surface area contributed by atoms with E-state index in [-0.39, 0.29) is 17.9 Å². The third-order valence-electron chi connectivity index (χ3n) is 8.23. The Morgan fingerprint density at radius 3 is 2.47 bits per heavy atom. The number of halogens is 4. The largest absolute Gasteiger partial charge is 0.573 e. The van der Waals surface area contributed by atoms with Crippen molar-refractivity contribution in [3.8, 4) is 5.75 Å². The monoisotopic (exact) mass is 595 g/mol. The minimum Gasteiger partial charge on any atom is -0.404 e. The number of hydrogen-bond donors (Lipinski definition) is 0. The van der Waals surface area contributed by atoms with Crippen molar-refractivity contribution in [3.63, 3.8) is 0 Å². The highest BCUT2D eigenvalue weighted by molar-refractivity contribution is 5.86. The summed E-state index contributed by atoms with van der Waals surface area (Å²) in [5.74, 6) is 1.09. The van der Waals surface area contributed by atoms with E-state index in [0.29, 0.717) is 30.5 Å². The van der Waals surface area contributed by atoms with Gasteiger partial charge < -0.3 is 14.2 Å². The van der Waals surface area contributed by atoms with Crippen LogP contribution < -0.4 is 9.64 Å². The molecule has 1 aliphatic carbocycles. The average molecular weight is 596 g/mol. The number of alkyl halides is 3. The van der Waals surface area contributed by atoms with Crippen LogP contribution in [0.15, 0.2) is 55.2 Å². The Hall–Kier alpha value is -4.33. The van der Waals surface area contributed by atoms with Gasteiger partial charge in [-0.1, -0.05) is 12.1 Å². The first-order valence-electron chi connectivity index (χ1n) is 14.2. The number of hydrogen-bond acceptors (Lipinski definition) is 8. The molecule has 43 heavy (non-hydrogen) atoms. The maximum Gasteiger partial charge on any atom is 0.573 e. The SMILES string of the molecule is C[C@@H]1CN(c2nc3nncn3c3c2ncn3CC2CC2)[C@@H](C)CN1[C@@H](c1ccc(F)cc1)c1ccc(OC(F)(F)F)cn1. The summed E-state index contributed by atoms with van der Waals surface area (Å²) in [4.78, 5) is 18.5. The zero-order valence-corrected chi connectivity index (χ0v) is 23.5. The molecular weight excluding hydrogens is 566 g/mol. The Morgan fingerprint density at radius 2 is 1.77 bits per heavy atom. The maximum absolute atomic E-state index is 13.9. The number of piperazine rings is 1. The van der Waals surface area contributed by atoms with E-state index in [4.69, 9.17) is 9.97 Å². The van der Waals surface area contributed by atoms with Crippen molar-refractivity contribution in [1.82, 2.24) is 39.0 Å². The lowest BCUT2D eigenvalue weighted by Crippen LogP contribution is -2.57. The number of aromatic nitrogens is 7. The Labute approximate surface area is 243 Å². The lowest BCUT2D eigenvalue weighted by molar-refractivity contribution is -0.274. The minimum atomic E-state index is -4.82. The quantitative estimate of drug-likeness (QED) is 0.243. The summed E-state index contributed by atoms with van der Waals surface area (Å²) in [6, 6.07) is 8.36. The number of imidazole rings is 1. The van der Waals surface area contributed by atoms with Gasteiger partial charge in [-0.2, -0.15) is 4.98 Å². The van der Waals surface area contributed by atoms with Gasteiger partial charge >= 0.3 is 6.36 Å². The molecule has 0 bridgehead atoms. The molecule has 224 valence electrons. The van der Waals surface area contributed by atoms with Gasteiger partial charge in [-0.3, -0.25) is 9.88 Å². The van der Waals surface area contributed by atoms with E-state index >= 15 is 0 Å². The molecule has 0 N–H and O–H groups in total. The van der Waals surface area contributed by atoms with Crippen molar-refractivity contribution in [1.29, 1.82) is 0 Å². The molecule has 10 nitrogen and oxygen atoms in total. The molecule has 5 heterocycles. The first-order chi connectivity index (χ1) is 20.6. The van der Waals surface area contributed by atoms with Gasteiger partial charge in [0.2, 0.25) is 0 Å². The van der Waals surface area contributed by atoms with Crippen molar-refractivity contribution in [2.75, 3.05) is 18.0 Å². The number of pyridine rings is 1. The van der Waals surface area contributed by atoms with Crippen LogP contribution in [0, 0.1) is 11.7 Å². The summed E-state index contributed by atoms with van der Waals surface area (Å²) >= 11 is 0. The van der Waals surface area contributed by atoms with Crippen molar-refractivity contribution in [2.45, 2.75) is 57.7 Å². The molecule has 0 radical (unpaired) electrons. The first-order valence-corrected chi connectivity index (χ1v) is 14.2. The van der Waals surface area contributed by atoms with Crippen LogP contribution in [0.25, 0.3) is 16.9 Å². The number of ether oxygens (including phenoxy) is 1. The van der Waals surface area contributed by atoms with Crippen LogP contribution in [0.1, 0.15) is 44.0 Å². The molecule has 5 aromatic rings. The predicted molar refractivity (Wildman–Crippen MR) is 149 cm³/mol. The lowest BCUT2D eigenvalue weighted by Gasteiger charge is -2.47. The van der Waals surface area contributed by atoms with Crippen molar-refractivity contribution < 1.29 is 22.3 Å². The lowest BCUT2D eigenvalue weighted by atomic mass is 9.96. The van der Waals surface area contributed by atoms with Gasteiger partial charge in [-0.15, -0.1) is 23.4 Å². The van der Waals surface area contributed by atoms with Crippen LogP contribution in [0.2, 0.25) is 0 Å². The molecule has 14 heteroatoms. The predicted octanol–water partition coefficient (Wildman–Crippen LogP) is 5.01. The topological polar surface area (TPSA) is 89.5 Å². The van der Waals surface area contributed by atoms with Gasteiger partial charge in [-0.05, 0) is 62.4 Å². The van der Waals surface area contributed by atoms with Gasteiger partial charge in [-0.25, -0.2) is 13.8 Å². The number of benzene rings is 1. The molecule has 1 aliphatic heterocycles. The summed E-state index contributed by atoms with van der Waals surface area (Å²) in [5.41, 5.74) is 2.99. The third-order valence-corrected chi connectivity index (χ3v) is 8.23. The molecular formula is C29H29F4N9O. The molecule has 3 atom stereocenters. The van der Waals surface area contributed by atoms with E-state index in [9.17, 15) is 17.6 Å². The van der Waals surface area contributed by atoms with Crippen LogP contribution in [0.4, 0.5) is 23.4 Å². The van der Waals surface area contributed by atoms with Crippen molar-refractivity contribution >= 4 is 22.8 Å². The van der Waals surface area contributed by atoms with E-state index in [2.05, 4.69) is 48.1 Å². The fourth-order valence-corrected chi connectivity index (χ4v) is 6.03. The van der Waals surface area contributed by atoms with Crippen LogP contribution in [-0.4, -0.2) is 70.6 Å². The Bertz CT molecular complexity index is 1750. The molecule has 0 spiro atoms. The molecule has 1 saturated carbocycles. The molecule has 2 aliphatic rings. The maximum atomic E-state index is 13.9. The van der Waals surface area contributed by atoms with Crippen LogP contribution >= 0.6 is 0 Å². The second-order valence-electron chi connectivity index (χ2n) is 11.4. The van der Waals surface area contributed by atoms with Crippen molar-refractivity contribution in [2.24, 2.45) is 5.92 Å². The van der Waals surface area contributed by atoms with E-state index < -0.39 is 18.2 Å². The zero-order chi connectivity index (χ0) is 29.9. The van der Waals surface area contributed by atoms with E-state index in [1.165, 1.54) is 37.1 Å². The number of nitrogens with zero attached hydrogens (tertiary/aromatic N) is 9. The summed E-state index contributed by atoms with van der Waals surface area (Å²) in [6.45, 7) is 6.20. The average Bonchev–Trinajstić information content (AvgIpc) is 3.48. The Kier molecular flexibility index (Phi) is 6.67. The smallest absolute Gasteiger partial charge is 0.404 e. The van der Waals surface area contributed by atoms with Gasteiger partial charge in [0, 0.05) is 31.7 Å². The zero-order valence-electron chi connectivity index (χ0n) is 23.5. The van der Waals surface area contributed by atoms with Crippen LogP contribution in [0.3, 0.4) is 0 Å². The fourth-order valence-electron chi connectivity index (χ4n) is 6.03. The normalized spacial score (nSPS) is 20.7. The molecule has 1 saturated heterocycles. The van der Waals surface area contributed by atoms with Gasteiger partial charge in [0.05, 0.1) is 24.3 Å². The van der Waals surface area contributed by atoms with Crippen LogP contribution in [0.5, 0.6) is 5.75 Å². The molecule has 0 amide bonds. The molecule has 1 aromatic carbocycles.